The quantitative estimate of drug-likeness (QED) is 0.731. The highest BCUT2D eigenvalue weighted by atomic mass is 79.9. The van der Waals surface area contributed by atoms with Crippen molar-refractivity contribution < 1.29 is 18.8 Å². The van der Waals surface area contributed by atoms with Gasteiger partial charge in [0.1, 0.15) is 12.4 Å². The summed E-state index contributed by atoms with van der Waals surface area (Å²) in [6.07, 6.45) is 0. The van der Waals surface area contributed by atoms with Gasteiger partial charge < -0.3 is 5.32 Å². The summed E-state index contributed by atoms with van der Waals surface area (Å²) in [5.41, 5.74) is 0.434. The fourth-order valence-corrected chi connectivity index (χ4v) is 3.36. The molecule has 2 atom stereocenters. The van der Waals surface area contributed by atoms with Gasteiger partial charge in [-0.1, -0.05) is 33.3 Å². The molecule has 0 spiro atoms. The number of anilines is 2. The molecule has 2 aliphatic rings. The number of carbonyl (C=O) groups is 3. The van der Waals surface area contributed by atoms with E-state index in [1.54, 1.807) is 30.3 Å². The van der Waals surface area contributed by atoms with Gasteiger partial charge in [0, 0.05) is 4.47 Å². The van der Waals surface area contributed by atoms with Crippen LogP contribution in [0.5, 0.6) is 0 Å². The van der Waals surface area contributed by atoms with Crippen LogP contribution in [0, 0.1) is 5.82 Å². The van der Waals surface area contributed by atoms with Crippen LogP contribution in [0.2, 0.25) is 0 Å². The number of fused-ring (bicyclic) bond motifs is 1. The Bertz CT molecular complexity index is 997. The highest BCUT2D eigenvalue weighted by Gasteiger charge is 2.55. The molecule has 2 heterocycles. The Morgan fingerprint density at radius 2 is 1.82 bits per heavy atom. The first-order valence-corrected chi connectivity index (χ1v) is 9.10. The van der Waals surface area contributed by atoms with Gasteiger partial charge in [0.15, 0.2) is 12.1 Å². The number of benzene rings is 2. The number of nitrogens with one attached hydrogen (secondary N) is 1. The van der Waals surface area contributed by atoms with Crippen LogP contribution in [-0.4, -0.2) is 41.4 Å². The molecule has 0 bridgehead atoms. The fraction of sp³-hybridized carbons (Fsp3) is 0.167. The number of amides is 3. The Morgan fingerprint density at radius 1 is 1.11 bits per heavy atom. The van der Waals surface area contributed by atoms with Crippen LogP contribution in [0.1, 0.15) is 0 Å². The molecule has 2 aliphatic heterocycles. The molecule has 1 N–H and O–H groups in total. The second kappa shape index (κ2) is 7.12. The van der Waals surface area contributed by atoms with Gasteiger partial charge in [-0.05, 0) is 36.4 Å². The third-order valence-electron chi connectivity index (χ3n) is 4.40. The van der Waals surface area contributed by atoms with E-state index < -0.39 is 35.6 Å². The van der Waals surface area contributed by atoms with Crippen molar-refractivity contribution >= 4 is 45.0 Å². The maximum absolute atomic E-state index is 13.7. The SMILES string of the molecule is O=C(CN1N=N[C@H]2C(=O)N(c3ccc(Br)cc3)C(=O)[C@H]21)Nc1ccccc1F. The van der Waals surface area contributed by atoms with Crippen molar-refractivity contribution in [3.8, 4) is 0 Å². The van der Waals surface area contributed by atoms with Crippen molar-refractivity contribution in [1.29, 1.82) is 0 Å². The fourth-order valence-electron chi connectivity index (χ4n) is 3.10. The van der Waals surface area contributed by atoms with E-state index in [1.165, 1.54) is 18.2 Å². The molecular weight excluding hydrogens is 433 g/mol. The predicted octanol–water partition coefficient (Wildman–Crippen LogP) is 2.52. The molecule has 142 valence electrons. The van der Waals surface area contributed by atoms with E-state index in [0.29, 0.717) is 5.69 Å². The van der Waals surface area contributed by atoms with Crippen molar-refractivity contribution in [2.24, 2.45) is 10.3 Å². The second-order valence-corrected chi connectivity index (χ2v) is 7.12. The van der Waals surface area contributed by atoms with Crippen LogP contribution in [0.15, 0.2) is 63.3 Å². The Morgan fingerprint density at radius 3 is 2.54 bits per heavy atom. The topological polar surface area (TPSA) is 94.4 Å². The molecule has 28 heavy (non-hydrogen) atoms. The molecule has 0 unspecified atom stereocenters. The monoisotopic (exact) mass is 445 g/mol. The van der Waals surface area contributed by atoms with Gasteiger partial charge >= 0.3 is 0 Å². The Hall–Kier alpha value is -3.14. The molecule has 2 aromatic carbocycles. The normalized spacial score (nSPS) is 20.6. The molecular formula is C18H13BrFN5O3. The summed E-state index contributed by atoms with van der Waals surface area (Å²) in [5.74, 6) is -2.17. The minimum atomic E-state index is -1.00. The second-order valence-electron chi connectivity index (χ2n) is 6.21. The van der Waals surface area contributed by atoms with Crippen molar-refractivity contribution in [3.05, 3.63) is 58.8 Å². The van der Waals surface area contributed by atoms with Crippen LogP contribution in [0.4, 0.5) is 15.8 Å². The predicted molar refractivity (Wildman–Crippen MR) is 101 cm³/mol. The highest BCUT2D eigenvalue weighted by Crippen LogP contribution is 2.32. The number of rotatable bonds is 4. The van der Waals surface area contributed by atoms with E-state index in [2.05, 4.69) is 31.6 Å². The summed E-state index contributed by atoms with van der Waals surface area (Å²) < 4.78 is 14.5. The van der Waals surface area contributed by atoms with Gasteiger partial charge in [-0.15, -0.1) is 0 Å². The molecule has 0 radical (unpaired) electrons. The maximum Gasteiger partial charge on any atom is 0.263 e. The Labute approximate surface area is 167 Å². The number of carbonyl (C=O) groups excluding carboxylic acids is 3. The van der Waals surface area contributed by atoms with Crippen LogP contribution in [0.3, 0.4) is 0 Å². The van der Waals surface area contributed by atoms with Crippen LogP contribution < -0.4 is 10.2 Å². The number of imide groups is 1. The first-order chi connectivity index (χ1) is 13.5. The van der Waals surface area contributed by atoms with Gasteiger partial charge in [-0.25, -0.2) is 9.29 Å². The first kappa shape index (κ1) is 18.2. The third kappa shape index (κ3) is 3.15. The maximum atomic E-state index is 13.7. The average molecular weight is 446 g/mol. The molecule has 0 aliphatic carbocycles. The molecule has 10 heteroatoms. The van der Waals surface area contributed by atoms with E-state index in [-0.39, 0.29) is 12.2 Å². The first-order valence-electron chi connectivity index (χ1n) is 8.31. The zero-order valence-corrected chi connectivity index (χ0v) is 15.8. The lowest BCUT2D eigenvalue weighted by Gasteiger charge is -2.20. The number of halogens is 2. The van der Waals surface area contributed by atoms with Crippen LogP contribution >= 0.6 is 15.9 Å². The van der Waals surface area contributed by atoms with Crippen molar-refractivity contribution in [2.75, 3.05) is 16.8 Å². The number of nitrogens with zero attached hydrogens (tertiary/aromatic N) is 4. The summed E-state index contributed by atoms with van der Waals surface area (Å²) >= 11 is 3.30. The number of hydrogen-bond acceptors (Lipinski definition) is 6. The van der Waals surface area contributed by atoms with Crippen LogP contribution in [-0.2, 0) is 14.4 Å². The molecule has 3 amide bonds. The zero-order chi connectivity index (χ0) is 19.8. The van der Waals surface area contributed by atoms with Crippen molar-refractivity contribution in [2.45, 2.75) is 12.1 Å². The molecule has 0 aromatic heterocycles. The van der Waals surface area contributed by atoms with Gasteiger partial charge in [0.05, 0.1) is 11.4 Å². The molecule has 4 rings (SSSR count). The highest BCUT2D eigenvalue weighted by molar-refractivity contribution is 9.10. The van der Waals surface area contributed by atoms with E-state index in [4.69, 9.17) is 0 Å². The lowest BCUT2D eigenvalue weighted by atomic mass is 10.1. The molecule has 2 aromatic rings. The summed E-state index contributed by atoms with van der Waals surface area (Å²) in [6, 6.07) is 10.4. The smallest absolute Gasteiger partial charge is 0.263 e. The molecule has 0 saturated carbocycles. The largest absolute Gasteiger partial charge is 0.322 e. The number of hydrogen-bond donors (Lipinski definition) is 1. The van der Waals surface area contributed by atoms with Gasteiger partial charge in [-0.2, -0.15) is 5.11 Å². The van der Waals surface area contributed by atoms with E-state index >= 15 is 0 Å². The molecule has 1 saturated heterocycles. The van der Waals surface area contributed by atoms with E-state index in [0.717, 1.165) is 14.4 Å². The van der Waals surface area contributed by atoms with Gasteiger partial charge in [0.2, 0.25) is 5.91 Å². The summed E-state index contributed by atoms with van der Waals surface area (Å²) in [4.78, 5) is 38.7. The lowest BCUT2D eigenvalue weighted by Crippen LogP contribution is -2.43. The Balaban J connectivity index is 1.49. The molecule has 1 fully saturated rings. The minimum absolute atomic E-state index is 0.0190. The minimum Gasteiger partial charge on any atom is -0.322 e. The van der Waals surface area contributed by atoms with Crippen molar-refractivity contribution in [3.63, 3.8) is 0 Å². The average Bonchev–Trinajstić information content (AvgIpc) is 3.18. The summed E-state index contributed by atoms with van der Waals surface area (Å²) in [6.45, 7) is -0.341. The lowest BCUT2D eigenvalue weighted by molar-refractivity contribution is -0.123. The van der Waals surface area contributed by atoms with Gasteiger partial charge in [0.25, 0.3) is 11.8 Å². The van der Waals surface area contributed by atoms with E-state index in [9.17, 15) is 18.8 Å². The van der Waals surface area contributed by atoms with Crippen molar-refractivity contribution in [1.82, 2.24) is 5.01 Å². The van der Waals surface area contributed by atoms with Gasteiger partial charge in [-0.3, -0.25) is 19.4 Å². The zero-order valence-electron chi connectivity index (χ0n) is 14.3. The summed E-state index contributed by atoms with van der Waals surface area (Å²) in [5, 5.41) is 11.2. The van der Waals surface area contributed by atoms with Crippen LogP contribution in [0.25, 0.3) is 0 Å². The standard InChI is InChI=1S/C18H13BrFN5O3/c19-10-5-7-11(8-6-10)25-17(27)15-16(18(25)28)24(23-22-15)9-14(26)21-13-4-2-1-3-12(13)20/h1-8,15-16H,9H2,(H,21,26)/t15-,16+/m1/s1. The number of para-hydroxylation sites is 1. The Kier molecular flexibility index (Phi) is 4.63. The molecule has 8 nitrogen and oxygen atoms in total. The summed E-state index contributed by atoms with van der Waals surface area (Å²) in [7, 11) is 0. The third-order valence-corrected chi connectivity index (χ3v) is 4.92. The van der Waals surface area contributed by atoms with E-state index in [1.807, 2.05) is 0 Å².